The van der Waals surface area contributed by atoms with Gasteiger partial charge in [0.15, 0.2) is 0 Å². The number of ether oxygens (including phenoxy) is 2. The first kappa shape index (κ1) is 29.0. The Morgan fingerprint density at radius 3 is 2.21 bits per heavy atom. The molecule has 0 bridgehead atoms. The lowest BCUT2D eigenvalue weighted by molar-refractivity contribution is -0.114. The van der Waals surface area contributed by atoms with Crippen LogP contribution in [0.1, 0.15) is 5.56 Å². The second kappa shape index (κ2) is 12.0. The third kappa shape index (κ3) is 6.61. The maximum Gasteiger partial charge on any atom is 0.264 e. The van der Waals surface area contributed by atoms with Crippen LogP contribution in [0.25, 0.3) is 0 Å². The van der Waals surface area contributed by atoms with E-state index >= 15 is 0 Å². The number of amides is 1. The fraction of sp³-hybridized carbons (Fsp3) is 0.269. The van der Waals surface area contributed by atoms with Crippen LogP contribution in [0.4, 0.5) is 11.4 Å². The Bertz CT molecular complexity index is 1540. The third-order valence-electron chi connectivity index (χ3n) is 6.06. The van der Waals surface area contributed by atoms with Gasteiger partial charge >= 0.3 is 0 Å². The molecule has 4 rings (SSSR count). The van der Waals surface area contributed by atoms with Crippen molar-refractivity contribution in [2.75, 3.05) is 49.6 Å². The zero-order chi connectivity index (χ0) is 28.2. The molecule has 3 aromatic carbocycles. The average Bonchev–Trinajstić information content (AvgIpc) is 2.93. The molecular formula is C26H28BrN3O7S2. The summed E-state index contributed by atoms with van der Waals surface area (Å²) in [6, 6.07) is 17.0. The number of sulfonamides is 2. The lowest BCUT2D eigenvalue weighted by Crippen LogP contribution is -2.40. The molecule has 13 heteroatoms. The van der Waals surface area contributed by atoms with Crippen molar-refractivity contribution >= 4 is 53.3 Å². The maximum atomic E-state index is 13.6. The minimum Gasteiger partial charge on any atom is -0.495 e. The number of aryl methyl sites for hydroxylation is 1. The number of carbonyl (C=O) groups excluding carboxylic acids is 1. The number of carbonyl (C=O) groups is 1. The van der Waals surface area contributed by atoms with Gasteiger partial charge in [0.1, 0.15) is 12.3 Å². The number of hydrogen-bond acceptors (Lipinski definition) is 7. The van der Waals surface area contributed by atoms with Crippen molar-refractivity contribution in [3.63, 3.8) is 0 Å². The number of benzene rings is 3. The molecule has 1 saturated heterocycles. The summed E-state index contributed by atoms with van der Waals surface area (Å²) >= 11 is 3.34. The number of hydrogen-bond donors (Lipinski definition) is 1. The van der Waals surface area contributed by atoms with E-state index in [2.05, 4.69) is 21.2 Å². The highest BCUT2D eigenvalue weighted by Gasteiger charge is 2.29. The highest BCUT2D eigenvalue weighted by Crippen LogP contribution is 2.30. The van der Waals surface area contributed by atoms with E-state index in [0.29, 0.717) is 13.2 Å². The summed E-state index contributed by atoms with van der Waals surface area (Å²) in [5.41, 5.74) is 1.27. The molecule has 3 aromatic rings. The summed E-state index contributed by atoms with van der Waals surface area (Å²) in [5, 5.41) is 2.63. The Morgan fingerprint density at radius 1 is 0.974 bits per heavy atom. The smallest absolute Gasteiger partial charge is 0.264 e. The minimum absolute atomic E-state index is 0.0278. The van der Waals surface area contributed by atoms with E-state index in [1.54, 1.807) is 36.4 Å². The second-order valence-electron chi connectivity index (χ2n) is 8.73. The summed E-state index contributed by atoms with van der Waals surface area (Å²) in [7, 11) is -6.58. The van der Waals surface area contributed by atoms with Crippen molar-refractivity contribution < 1.29 is 31.1 Å². The maximum absolute atomic E-state index is 13.6. The number of methoxy groups -OCH3 is 1. The zero-order valence-corrected chi connectivity index (χ0v) is 24.6. The van der Waals surface area contributed by atoms with E-state index in [0.717, 1.165) is 14.3 Å². The van der Waals surface area contributed by atoms with Crippen LogP contribution in [0.15, 0.2) is 81.0 Å². The van der Waals surface area contributed by atoms with E-state index in [4.69, 9.17) is 9.47 Å². The van der Waals surface area contributed by atoms with E-state index in [-0.39, 0.29) is 40.0 Å². The van der Waals surface area contributed by atoms with Crippen LogP contribution >= 0.6 is 15.9 Å². The highest BCUT2D eigenvalue weighted by molar-refractivity contribution is 9.10. The van der Waals surface area contributed by atoms with Gasteiger partial charge in [0.05, 0.1) is 41.5 Å². The van der Waals surface area contributed by atoms with Crippen LogP contribution in [-0.2, 0) is 29.6 Å². The first-order valence-corrected chi connectivity index (χ1v) is 15.6. The Hall–Kier alpha value is -2.97. The van der Waals surface area contributed by atoms with E-state index in [1.807, 2.05) is 6.92 Å². The molecule has 0 aliphatic carbocycles. The van der Waals surface area contributed by atoms with Crippen LogP contribution in [0.2, 0.25) is 0 Å². The van der Waals surface area contributed by atoms with Crippen molar-refractivity contribution in [1.82, 2.24) is 4.31 Å². The molecule has 0 saturated carbocycles. The molecular weight excluding hydrogens is 610 g/mol. The minimum atomic E-state index is -4.12. The molecule has 1 amide bonds. The Kier molecular flexibility index (Phi) is 8.96. The number of nitrogens with zero attached hydrogens (tertiary/aromatic N) is 2. The summed E-state index contributed by atoms with van der Waals surface area (Å²) in [4.78, 5) is 13.3. The predicted molar refractivity (Wildman–Crippen MR) is 151 cm³/mol. The number of morpholine rings is 1. The van der Waals surface area contributed by atoms with Crippen molar-refractivity contribution in [2.24, 2.45) is 0 Å². The fourth-order valence-corrected chi connectivity index (χ4v) is 7.08. The lowest BCUT2D eigenvalue weighted by atomic mass is 10.2. The van der Waals surface area contributed by atoms with Gasteiger partial charge in [-0.15, -0.1) is 0 Å². The van der Waals surface area contributed by atoms with Crippen LogP contribution in [-0.4, -0.2) is 67.0 Å². The topological polar surface area (TPSA) is 122 Å². The van der Waals surface area contributed by atoms with Gasteiger partial charge in [-0.2, -0.15) is 4.31 Å². The molecule has 39 heavy (non-hydrogen) atoms. The molecule has 0 aromatic heterocycles. The number of anilines is 2. The van der Waals surface area contributed by atoms with Gasteiger partial charge in [0.2, 0.25) is 15.9 Å². The lowest BCUT2D eigenvalue weighted by Gasteiger charge is -2.26. The van der Waals surface area contributed by atoms with Crippen molar-refractivity contribution in [3.8, 4) is 5.75 Å². The summed E-state index contributed by atoms with van der Waals surface area (Å²) in [6.07, 6.45) is 0. The van der Waals surface area contributed by atoms with Gasteiger partial charge in [0, 0.05) is 17.6 Å². The van der Waals surface area contributed by atoms with Crippen molar-refractivity contribution in [1.29, 1.82) is 0 Å². The SMILES string of the molecule is COc1ccc(S(=O)(=O)N2CCOCC2)cc1NC(=O)CN(c1ccc(Br)cc1)S(=O)(=O)c1ccc(C)cc1. The second-order valence-corrected chi connectivity index (χ2v) is 13.4. The molecule has 1 aliphatic rings. The van der Waals surface area contributed by atoms with Crippen LogP contribution in [0.3, 0.4) is 0 Å². The number of nitrogens with one attached hydrogen (secondary N) is 1. The first-order chi connectivity index (χ1) is 18.5. The quantitative estimate of drug-likeness (QED) is 0.380. The fourth-order valence-electron chi connectivity index (χ4n) is 3.96. The molecule has 1 fully saturated rings. The molecule has 10 nitrogen and oxygen atoms in total. The Morgan fingerprint density at radius 2 is 1.59 bits per heavy atom. The molecule has 0 atom stereocenters. The molecule has 1 aliphatic heterocycles. The van der Waals surface area contributed by atoms with E-state index < -0.39 is 32.5 Å². The van der Waals surface area contributed by atoms with Crippen molar-refractivity contribution in [3.05, 3.63) is 76.8 Å². The predicted octanol–water partition coefficient (Wildman–Crippen LogP) is 3.62. The monoisotopic (exact) mass is 637 g/mol. The molecule has 208 valence electrons. The van der Waals surface area contributed by atoms with Gasteiger partial charge < -0.3 is 14.8 Å². The molecule has 0 spiro atoms. The molecule has 1 N–H and O–H groups in total. The largest absolute Gasteiger partial charge is 0.495 e. The summed E-state index contributed by atoms with van der Waals surface area (Å²) in [5.74, 6) is -0.464. The molecule has 1 heterocycles. The molecule has 0 unspecified atom stereocenters. The first-order valence-electron chi connectivity index (χ1n) is 11.9. The Labute approximate surface area is 236 Å². The van der Waals surface area contributed by atoms with Crippen molar-refractivity contribution in [2.45, 2.75) is 16.7 Å². The normalized spacial score (nSPS) is 14.5. The zero-order valence-electron chi connectivity index (χ0n) is 21.3. The summed E-state index contributed by atoms with van der Waals surface area (Å²) < 4.78 is 67.2. The third-order valence-corrected chi connectivity index (χ3v) is 10.3. The van der Waals surface area contributed by atoms with Gasteiger partial charge in [-0.3, -0.25) is 9.10 Å². The Balaban J connectivity index is 1.65. The number of rotatable bonds is 9. The number of halogens is 1. The van der Waals surface area contributed by atoms with Crippen LogP contribution in [0, 0.1) is 6.92 Å². The van der Waals surface area contributed by atoms with Gasteiger partial charge in [-0.05, 0) is 61.5 Å². The summed E-state index contributed by atoms with van der Waals surface area (Å²) in [6.45, 7) is 2.29. The van der Waals surface area contributed by atoms with Crippen LogP contribution in [0.5, 0.6) is 5.75 Å². The van der Waals surface area contributed by atoms with Gasteiger partial charge in [-0.25, -0.2) is 16.8 Å². The molecule has 0 radical (unpaired) electrons. The van der Waals surface area contributed by atoms with Crippen LogP contribution < -0.4 is 14.4 Å². The highest BCUT2D eigenvalue weighted by atomic mass is 79.9. The van der Waals surface area contributed by atoms with Gasteiger partial charge in [0.25, 0.3) is 10.0 Å². The average molecular weight is 639 g/mol. The van der Waals surface area contributed by atoms with E-state index in [1.165, 1.54) is 41.7 Å². The standard InChI is InChI=1S/C26H28BrN3O7S2/c1-19-3-9-22(10-4-19)39(34,35)30(21-7-5-20(27)6-8-21)18-26(31)28-24-17-23(11-12-25(24)36-2)38(32,33)29-13-15-37-16-14-29/h3-12,17H,13-16,18H2,1-2H3,(H,28,31). The van der Waals surface area contributed by atoms with Gasteiger partial charge in [-0.1, -0.05) is 33.6 Å². The van der Waals surface area contributed by atoms with E-state index in [9.17, 15) is 21.6 Å².